The Morgan fingerprint density at radius 3 is 2.74 bits per heavy atom. The number of carbonyl (C=O) groups excluding carboxylic acids is 2. The fourth-order valence-corrected chi connectivity index (χ4v) is 3.84. The number of nitrogens with zero attached hydrogens (tertiary/aromatic N) is 2. The van der Waals surface area contributed by atoms with E-state index in [1.54, 1.807) is 42.5 Å². The number of hydrogen-bond acceptors (Lipinski definition) is 5. The van der Waals surface area contributed by atoms with Crippen LogP contribution in [0.3, 0.4) is 0 Å². The van der Waals surface area contributed by atoms with Gasteiger partial charge in [-0.3, -0.25) is 14.6 Å². The number of fused-ring (bicyclic) bond motifs is 1. The highest BCUT2D eigenvalue weighted by molar-refractivity contribution is 8.15. The second-order valence-corrected chi connectivity index (χ2v) is 7.33. The molecule has 134 valence electrons. The third kappa shape index (κ3) is 3.39. The van der Waals surface area contributed by atoms with Gasteiger partial charge in [-0.05, 0) is 29.8 Å². The van der Waals surface area contributed by atoms with Gasteiger partial charge in [0.15, 0.2) is 10.9 Å². The number of aromatic hydroxyl groups is 1. The fraction of sp³-hybridized carbons (Fsp3) is 0.0526. The molecule has 1 aliphatic heterocycles. The summed E-state index contributed by atoms with van der Waals surface area (Å²) in [5, 5.41) is 13.9. The minimum Gasteiger partial charge on any atom is -0.505 e. The fourth-order valence-electron chi connectivity index (χ4n) is 2.73. The first-order valence-corrected chi connectivity index (χ1v) is 9.21. The minimum absolute atomic E-state index is 0.0264. The number of amides is 2. The van der Waals surface area contributed by atoms with Crippen molar-refractivity contribution >= 4 is 51.2 Å². The molecule has 2 heterocycles. The normalized spacial score (nSPS) is 18.0. The van der Waals surface area contributed by atoms with Gasteiger partial charge in [0, 0.05) is 16.6 Å². The molecule has 3 aromatic rings. The number of phenols is 1. The monoisotopic (exact) mass is 397 g/mol. The van der Waals surface area contributed by atoms with E-state index in [4.69, 9.17) is 11.6 Å². The molecule has 27 heavy (non-hydrogen) atoms. The van der Waals surface area contributed by atoms with Crippen LogP contribution in [0.4, 0.5) is 0 Å². The number of nitrogens with one attached hydrogen (secondary N) is 1. The van der Waals surface area contributed by atoms with E-state index < -0.39 is 11.2 Å². The Balaban J connectivity index is 1.61. The molecule has 0 bridgehead atoms. The van der Waals surface area contributed by atoms with Gasteiger partial charge in [0.1, 0.15) is 10.8 Å². The maximum absolute atomic E-state index is 12.5. The van der Waals surface area contributed by atoms with Crippen molar-refractivity contribution < 1.29 is 14.7 Å². The number of aliphatic imine (C=N–C) groups is 1. The van der Waals surface area contributed by atoms with E-state index in [1.807, 2.05) is 0 Å². The summed E-state index contributed by atoms with van der Waals surface area (Å²) in [6, 6.07) is 13.6. The first-order valence-electron chi connectivity index (χ1n) is 7.95. The molecular weight excluding hydrogens is 386 g/mol. The van der Waals surface area contributed by atoms with Gasteiger partial charge in [-0.15, -0.1) is 0 Å². The number of amidine groups is 1. The van der Waals surface area contributed by atoms with E-state index in [0.717, 1.165) is 17.3 Å². The number of hydrogen-bond donors (Lipinski definition) is 2. The summed E-state index contributed by atoms with van der Waals surface area (Å²) < 4.78 is 0. The number of thioether (sulfide) groups is 1. The maximum atomic E-state index is 12.5. The van der Waals surface area contributed by atoms with Crippen molar-refractivity contribution in [2.75, 3.05) is 0 Å². The van der Waals surface area contributed by atoms with Crippen LogP contribution < -0.4 is 5.32 Å². The molecule has 8 heteroatoms. The second kappa shape index (κ2) is 7.02. The lowest BCUT2D eigenvalue weighted by Gasteiger charge is -2.05. The van der Waals surface area contributed by atoms with E-state index in [-0.39, 0.29) is 22.4 Å². The zero-order chi connectivity index (χ0) is 19.0. The van der Waals surface area contributed by atoms with Crippen molar-refractivity contribution in [2.24, 2.45) is 4.99 Å². The summed E-state index contributed by atoms with van der Waals surface area (Å²) >= 11 is 7.01. The van der Waals surface area contributed by atoms with Gasteiger partial charge in [-0.1, -0.05) is 47.6 Å². The molecule has 0 saturated carbocycles. The zero-order valence-corrected chi connectivity index (χ0v) is 15.3. The predicted octanol–water partition coefficient (Wildman–Crippen LogP) is 3.69. The highest BCUT2D eigenvalue weighted by Crippen LogP contribution is 2.35. The van der Waals surface area contributed by atoms with Crippen LogP contribution in [0, 0.1) is 0 Å². The van der Waals surface area contributed by atoms with Crippen molar-refractivity contribution in [3.8, 4) is 5.75 Å². The number of phenolic OH excluding ortho intramolecular Hbond substituents is 1. The highest BCUT2D eigenvalue weighted by Gasteiger charge is 2.32. The number of carbonyl (C=O) groups is 2. The molecule has 2 aromatic carbocycles. The maximum Gasteiger partial charge on any atom is 0.283 e. The summed E-state index contributed by atoms with van der Waals surface area (Å²) in [6.45, 7) is 0. The molecular formula is C19H12ClN3O3S. The van der Waals surface area contributed by atoms with Crippen molar-refractivity contribution in [1.82, 2.24) is 10.3 Å². The van der Waals surface area contributed by atoms with Crippen LogP contribution in [0.1, 0.15) is 21.2 Å². The first kappa shape index (κ1) is 17.5. The van der Waals surface area contributed by atoms with E-state index in [9.17, 15) is 14.7 Å². The lowest BCUT2D eigenvalue weighted by Crippen LogP contribution is -2.22. The smallest absolute Gasteiger partial charge is 0.283 e. The zero-order valence-electron chi connectivity index (χ0n) is 13.7. The molecule has 0 spiro atoms. The molecule has 2 N–H and O–H groups in total. The van der Waals surface area contributed by atoms with E-state index in [0.29, 0.717) is 15.9 Å². The van der Waals surface area contributed by atoms with Crippen LogP contribution in [-0.4, -0.2) is 27.1 Å². The molecule has 0 aliphatic carbocycles. The Hall–Kier alpha value is -2.90. The van der Waals surface area contributed by atoms with Crippen molar-refractivity contribution in [2.45, 2.75) is 5.25 Å². The molecule has 6 nitrogen and oxygen atoms in total. The van der Waals surface area contributed by atoms with Crippen LogP contribution in [0.5, 0.6) is 5.75 Å². The molecule has 4 rings (SSSR count). The van der Waals surface area contributed by atoms with Gasteiger partial charge in [-0.2, -0.15) is 4.99 Å². The number of halogens is 1. The third-order valence-electron chi connectivity index (χ3n) is 4.05. The lowest BCUT2D eigenvalue weighted by atomic mass is 10.1. The molecule has 1 saturated heterocycles. The second-order valence-electron chi connectivity index (χ2n) is 5.80. The standard InChI is InChI=1S/C19H12ClN3O3S/c20-12-6-3-11(4-7-12)16-18(26)23-19(27-16)22-17(25)13-8-5-10-2-1-9-21-14(10)15(13)24/h1-9,16,24H,(H,22,23,25,26). The van der Waals surface area contributed by atoms with Crippen LogP contribution in [-0.2, 0) is 4.79 Å². The van der Waals surface area contributed by atoms with Gasteiger partial charge < -0.3 is 10.4 Å². The summed E-state index contributed by atoms with van der Waals surface area (Å²) in [5.74, 6) is -1.15. The van der Waals surface area contributed by atoms with Gasteiger partial charge in [0.25, 0.3) is 5.91 Å². The lowest BCUT2D eigenvalue weighted by molar-refractivity contribution is -0.118. The number of aromatic nitrogens is 1. The number of pyridine rings is 1. The molecule has 2 amide bonds. The summed E-state index contributed by atoms with van der Waals surface area (Å²) in [4.78, 5) is 32.8. The topological polar surface area (TPSA) is 91.7 Å². The Morgan fingerprint density at radius 2 is 1.96 bits per heavy atom. The average Bonchev–Trinajstić information content (AvgIpc) is 3.03. The molecule has 1 atom stereocenters. The van der Waals surface area contributed by atoms with Crippen LogP contribution in [0.2, 0.25) is 5.02 Å². The predicted molar refractivity (Wildman–Crippen MR) is 105 cm³/mol. The van der Waals surface area contributed by atoms with Crippen LogP contribution in [0.25, 0.3) is 10.9 Å². The Bertz CT molecular complexity index is 1100. The van der Waals surface area contributed by atoms with E-state index >= 15 is 0 Å². The molecule has 1 aromatic heterocycles. The molecule has 1 aliphatic rings. The van der Waals surface area contributed by atoms with E-state index in [1.165, 1.54) is 12.3 Å². The van der Waals surface area contributed by atoms with Gasteiger partial charge >= 0.3 is 0 Å². The summed E-state index contributed by atoms with van der Waals surface area (Å²) in [5.41, 5.74) is 1.11. The van der Waals surface area contributed by atoms with Crippen LogP contribution in [0.15, 0.2) is 59.7 Å². The average molecular weight is 398 g/mol. The largest absolute Gasteiger partial charge is 0.505 e. The van der Waals surface area contributed by atoms with Crippen molar-refractivity contribution in [3.05, 3.63) is 70.9 Å². The molecule has 1 fully saturated rings. The van der Waals surface area contributed by atoms with Crippen molar-refractivity contribution in [1.29, 1.82) is 0 Å². The molecule has 1 unspecified atom stereocenters. The number of rotatable bonds is 2. The Labute approximate surface area is 163 Å². The van der Waals surface area contributed by atoms with Gasteiger partial charge in [-0.25, -0.2) is 0 Å². The Kier molecular flexibility index (Phi) is 4.55. The minimum atomic E-state index is -0.653. The van der Waals surface area contributed by atoms with Crippen LogP contribution >= 0.6 is 23.4 Å². The summed E-state index contributed by atoms with van der Waals surface area (Å²) in [6.07, 6.45) is 1.53. The Morgan fingerprint density at radius 1 is 1.19 bits per heavy atom. The number of benzene rings is 2. The quantitative estimate of drug-likeness (QED) is 0.688. The van der Waals surface area contributed by atoms with E-state index in [2.05, 4.69) is 15.3 Å². The highest BCUT2D eigenvalue weighted by atomic mass is 35.5. The third-order valence-corrected chi connectivity index (χ3v) is 5.44. The summed E-state index contributed by atoms with van der Waals surface area (Å²) in [7, 11) is 0. The SMILES string of the molecule is O=C(N=C1NC(=O)C(c2ccc(Cl)cc2)S1)c1ccc2cccnc2c1O. The molecule has 0 radical (unpaired) electrons. The van der Waals surface area contributed by atoms with Gasteiger partial charge in [0.2, 0.25) is 5.91 Å². The van der Waals surface area contributed by atoms with Crippen molar-refractivity contribution in [3.63, 3.8) is 0 Å². The van der Waals surface area contributed by atoms with Gasteiger partial charge in [0.05, 0.1) is 5.56 Å². The first-order chi connectivity index (χ1) is 13.0.